The minimum absolute atomic E-state index is 0.125. The topological polar surface area (TPSA) is 80.9 Å². The second-order valence-electron chi connectivity index (χ2n) is 2.38. The molecule has 0 aliphatic rings. The summed E-state index contributed by atoms with van der Waals surface area (Å²) in [7, 11) is -1.43. The largest absolute Gasteiger partial charge is 0.488 e. The van der Waals surface area contributed by atoms with Crippen LogP contribution in [0.1, 0.15) is 0 Å². The summed E-state index contributed by atoms with van der Waals surface area (Å²) in [5.41, 5.74) is 0.410. The van der Waals surface area contributed by atoms with Crippen molar-refractivity contribution in [3.05, 3.63) is 29.3 Å². The van der Waals surface area contributed by atoms with Crippen LogP contribution in [0, 0.1) is 0 Å². The van der Waals surface area contributed by atoms with E-state index in [9.17, 15) is 0 Å². The number of hydrogen-bond acceptors (Lipinski definition) is 4. The predicted octanol–water partition coefficient (Wildman–Crippen LogP) is -1.01. The average molecular weight is 218 g/mol. The van der Waals surface area contributed by atoms with Crippen LogP contribution in [-0.4, -0.2) is 40.6 Å². The lowest BCUT2D eigenvalue weighted by molar-refractivity contribution is 0.186. The zero-order valence-corrected chi connectivity index (χ0v) is 8.22. The fourth-order valence-electron chi connectivity index (χ4n) is 0.667. The summed E-state index contributed by atoms with van der Waals surface area (Å²) < 4.78 is 0. The van der Waals surface area contributed by atoms with Gasteiger partial charge in [0, 0.05) is 5.02 Å². The highest BCUT2D eigenvalue weighted by atomic mass is 35.5. The van der Waals surface area contributed by atoms with E-state index >= 15 is 0 Å². The Balaban J connectivity index is 0.000000364. The van der Waals surface area contributed by atoms with Crippen LogP contribution in [0.4, 0.5) is 0 Å². The molecule has 0 unspecified atom stereocenters. The van der Waals surface area contributed by atoms with Crippen molar-refractivity contribution in [1.29, 1.82) is 0 Å². The summed E-state index contributed by atoms with van der Waals surface area (Å²) in [4.78, 5) is 0. The van der Waals surface area contributed by atoms with E-state index in [1.54, 1.807) is 18.2 Å². The van der Waals surface area contributed by atoms with Gasteiger partial charge in [-0.15, -0.1) is 0 Å². The molecule has 0 aliphatic carbocycles. The van der Waals surface area contributed by atoms with Crippen molar-refractivity contribution >= 4 is 24.2 Å². The van der Waals surface area contributed by atoms with Gasteiger partial charge in [-0.25, -0.2) is 0 Å². The molecule has 0 radical (unpaired) electrons. The molecule has 0 atom stereocenters. The van der Waals surface area contributed by atoms with Gasteiger partial charge >= 0.3 is 7.12 Å². The molecule has 0 heterocycles. The van der Waals surface area contributed by atoms with Crippen molar-refractivity contribution in [2.24, 2.45) is 0 Å². The highest BCUT2D eigenvalue weighted by Gasteiger charge is 2.09. The molecule has 0 amide bonds. The number of benzene rings is 1. The van der Waals surface area contributed by atoms with Gasteiger partial charge in [0.15, 0.2) is 0 Å². The lowest BCUT2D eigenvalue weighted by Gasteiger charge is -1.97. The SMILES string of the molecule is OB(O)c1cccc(Cl)c1.OCCO. The highest BCUT2D eigenvalue weighted by molar-refractivity contribution is 6.59. The monoisotopic (exact) mass is 218 g/mol. The molecule has 0 saturated carbocycles. The summed E-state index contributed by atoms with van der Waals surface area (Å²) in [6.07, 6.45) is 0. The highest BCUT2D eigenvalue weighted by Crippen LogP contribution is 2.03. The van der Waals surface area contributed by atoms with Gasteiger partial charge < -0.3 is 20.3 Å². The maximum atomic E-state index is 8.65. The number of rotatable bonds is 2. The first kappa shape index (κ1) is 13.4. The van der Waals surface area contributed by atoms with E-state index in [4.69, 9.17) is 31.9 Å². The van der Waals surface area contributed by atoms with Crippen LogP contribution in [0.3, 0.4) is 0 Å². The molecular formula is C8H12BClO4. The van der Waals surface area contributed by atoms with Gasteiger partial charge in [0.1, 0.15) is 0 Å². The van der Waals surface area contributed by atoms with Crippen LogP contribution in [0.15, 0.2) is 24.3 Å². The van der Waals surface area contributed by atoms with Gasteiger partial charge in [-0.1, -0.05) is 23.7 Å². The molecule has 1 aromatic rings. The molecule has 1 aromatic carbocycles. The first-order valence-electron chi connectivity index (χ1n) is 3.95. The molecule has 0 spiro atoms. The molecular weight excluding hydrogens is 206 g/mol. The normalized spacial score (nSPS) is 8.93. The van der Waals surface area contributed by atoms with Crippen LogP contribution in [0.2, 0.25) is 5.02 Å². The maximum absolute atomic E-state index is 8.65. The van der Waals surface area contributed by atoms with E-state index in [1.807, 2.05) is 0 Å². The summed E-state index contributed by atoms with van der Waals surface area (Å²) in [6.45, 7) is -0.250. The Morgan fingerprint density at radius 2 is 1.71 bits per heavy atom. The van der Waals surface area contributed by atoms with Gasteiger partial charge in [0.05, 0.1) is 13.2 Å². The van der Waals surface area contributed by atoms with Crippen LogP contribution in [0.5, 0.6) is 0 Å². The molecule has 6 heteroatoms. The molecule has 4 N–H and O–H groups in total. The molecule has 0 saturated heterocycles. The second kappa shape index (κ2) is 7.79. The van der Waals surface area contributed by atoms with Crippen LogP contribution < -0.4 is 5.46 Å². The van der Waals surface area contributed by atoms with Crippen molar-refractivity contribution in [3.63, 3.8) is 0 Å². The van der Waals surface area contributed by atoms with Crippen molar-refractivity contribution in [2.45, 2.75) is 0 Å². The Hall–Kier alpha value is -0.585. The van der Waals surface area contributed by atoms with Crippen molar-refractivity contribution < 1.29 is 20.3 Å². The van der Waals surface area contributed by atoms with Crippen LogP contribution in [0.25, 0.3) is 0 Å². The van der Waals surface area contributed by atoms with Crippen molar-refractivity contribution in [1.82, 2.24) is 0 Å². The summed E-state index contributed by atoms with van der Waals surface area (Å²) in [6, 6.07) is 6.44. The van der Waals surface area contributed by atoms with Crippen LogP contribution >= 0.6 is 11.6 Å². The fraction of sp³-hybridized carbons (Fsp3) is 0.250. The second-order valence-corrected chi connectivity index (χ2v) is 2.81. The zero-order chi connectivity index (χ0) is 11.0. The molecule has 0 bridgehead atoms. The number of hydrogen-bond donors (Lipinski definition) is 4. The Bertz CT molecular complexity index is 255. The van der Waals surface area contributed by atoms with E-state index < -0.39 is 7.12 Å². The summed E-state index contributed by atoms with van der Waals surface area (Å²) in [5.74, 6) is 0. The summed E-state index contributed by atoms with van der Waals surface area (Å²) in [5, 5.41) is 33.0. The molecule has 0 aromatic heterocycles. The van der Waals surface area contributed by atoms with E-state index in [1.165, 1.54) is 6.07 Å². The standard InChI is InChI=1S/C6H6BClO2.C2H6O2/c8-6-3-1-2-5(4-6)7(9)10;3-1-2-4/h1-4,9-10H;3-4H,1-2H2. The molecule has 78 valence electrons. The van der Waals surface area contributed by atoms with Gasteiger partial charge in [-0.3, -0.25) is 0 Å². The van der Waals surface area contributed by atoms with Crippen molar-refractivity contribution in [2.75, 3.05) is 13.2 Å². The molecule has 14 heavy (non-hydrogen) atoms. The Kier molecular flexibility index (Phi) is 7.46. The van der Waals surface area contributed by atoms with E-state index in [-0.39, 0.29) is 13.2 Å². The van der Waals surface area contributed by atoms with Gasteiger partial charge in [0.2, 0.25) is 0 Å². The molecule has 4 nitrogen and oxygen atoms in total. The van der Waals surface area contributed by atoms with Gasteiger partial charge in [-0.05, 0) is 17.6 Å². The minimum atomic E-state index is -1.43. The lowest BCUT2D eigenvalue weighted by Crippen LogP contribution is -2.29. The first-order valence-corrected chi connectivity index (χ1v) is 4.33. The Labute approximate surface area is 87.5 Å². The Morgan fingerprint density at radius 1 is 1.14 bits per heavy atom. The number of aliphatic hydroxyl groups is 2. The average Bonchev–Trinajstić information content (AvgIpc) is 2.18. The predicted molar refractivity (Wildman–Crippen MR) is 55.4 cm³/mol. The maximum Gasteiger partial charge on any atom is 0.488 e. The Morgan fingerprint density at radius 3 is 2.00 bits per heavy atom. The third-order valence-corrected chi connectivity index (χ3v) is 1.48. The summed E-state index contributed by atoms with van der Waals surface area (Å²) >= 11 is 5.57. The number of halogens is 1. The van der Waals surface area contributed by atoms with Gasteiger partial charge in [0.25, 0.3) is 0 Å². The van der Waals surface area contributed by atoms with Crippen LogP contribution in [-0.2, 0) is 0 Å². The minimum Gasteiger partial charge on any atom is -0.423 e. The quantitative estimate of drug-likeness (QED) is 0.480. The smallest absolute Gasteiger partial charge is 0.423 e. The van der Waals surface area contributed by atoms with Gasteiger partial charge in [-0.2, -0.15) is 0 Å². The fourth-order valence-corrected chi connectivity index (χ4v) is 0.866. The van der Waals surface area contributed by atoms with E-state index in [2.05, 4.69) is 0 Å². The van der Waals surface area contributed by atoms with E-state index in [0.717, 1.165) is 0 Å². The zero-order valence-electron chi connectivity index (χ0n) is 7.47. The lowest BCUT2D eigenvalue weighted by atomic mass is 9.81. The number of aliphatic hydroxyl groups excluding tert-OH is 2. The third kappa shape index (κ3) is 5.96. The molecule has 0 fully saturated rings. The molecule has 0 aliphatic heterocycles. The third-order valence-electron chi connectivity index (χ3n) is 1.25. The van der Waals surface area contributed by atoms with E-state index in [0.29, 0.717) is 10.5 Å². The molecule has 1 rings (SSSR count). The van der Waals surface area contributed by atoms with Crippen molar-refractivity contribution in [3.8, 4) is 0 Å². The first-order chi connectivity index (χ1) is 6.61.